The third kappa shape index (κ3) is 5.66. The van der Waals surface area contributed by atoms with Gasteiger partial charge in [-0.2, -0.15) is 0 Å². The van der Waals surface area contributed by atoms with Crippen LogP contribution in [0.15, 0.2) is 12.7 Å². The number of hydrogen-bond donors (Lipinski definition) is 1. The zero-order valence-corrected chi connectivity index (χ0v) is 5.35. The van der Waals surface area contributed by atoms with Crippen LogP contribution in [0.25, 0.3) is 0 Å². The standard InChI is InChI=1S/C6H12O2/c1-4-5-8-6(2,3)7/h4,7H,1,5H2,2-3H3. The van der Waals surface area contributed by atoms with E-state index >= 15 is 0 Å². The van der Waals surface area contributed by atoms with Crippen LogP contribution in [0, 0.1) is 0 Å². The lowest BCUT2D eigenvalue weighted by Gasteiger charge is -2.15. The van der Waals surface area contributed by atoms with E-state index in [4.69, 9.17) is 9.84 Å². The molecule has 0 aromatic carbocycles. The molecule has 0 fully saturated rings. The molecule has 0 aliphatic rings. The Labute approximate surface area is 49.8 Å². The molecule has 0 atom stereocenters. The molecule has 48 valence electrons. The van der Waals surface area contributed by atoms with E-state index in [0.717, 1.165) is 0 Å². The fraction of sp³-hybridized carbons (Fsp3) is 0.667. The zero-order chi connectivity index (χ0) is 6.62. The fourth-order valence-electron chi connectivity index (χ4n) is 0.263. The lowest BCUT2D eigenvalue weighted by atomic mass is 10.4. The van der Waals surface area contributed by atoms with E-state index in [1.165, 1.54) is 0 Å². The molecule has 0 heterocycles. The first-order valence-electron chi connectivity index (χ1n) is 2.53. The highest BCUT2D eigenvalue weighted by Gasteiger charge is 2.09. The molecular formula is C6H12O2. The summed E-state index contributed by atoms with van der Waals surface area (Å²) in [6, 6.07) is 0. The number of hydrogen-bond acceptors (Lipinski definition) is 2. The predicted octanol–water partition coefficient (Wildman–Crippen LogP) is 0.917. The first-order chi connectivity index (χ1) is 3.56. The number of ether oxygens (including phenoxy) is 1. The van der Waals surface area contributed by atoms with Gasteiger partial charge in [-0.3, -0.25) is 0 Å². The summed E-state index contributed by atoms with van der Waals surface area (Å²) in [5.41, 5.74) is 0. The average molecular weight is 116 g/mol. The van der Waals surface area contributed by atoms with Crippen molar-refractivity contribution in [1.82, 2.24) is 0 Å². The van der Waals surface area contributed by atoms with Crippen LogP contribution in [-0.4, -0.2) is 17.5 Å². The maximum atomic E-state index is 8.88. The Hall–Kier alpha value is -0.340. The van der Waals surface area contributed by atoms with Gasteiger partial charge in [0.25, 0.3) is 0 Å². The first-order valence-corrected chi connectivity index (χ1v) is 2.53. The normalized spacial score (nSPS) is 11.4. The molecule has 0 aromatic heterocycles. The van der Waals surface area contributed by atoms with Gasteiger partial charge in [-0.15, -0.1) is 6.58 Å². The molecule has 0 saturated heterocycles. The van der Waals surface area contributed by atoms with Crippen molar-refractivity contribution in [3.63, 3.8) is 0 Å². The molecule has 0 rings (SSSR count). The summed E-state index contributed by atoms with van der Waals surface area (Å²) >= 11 is 0. The summed E-state index contributed by atoms with van der Waals surface area (Å²) in [5, 5.41) is 8.88. The summed E-state index contributed by atoms with van der Waals surface area (Å²) < 4.78 is 4.82. The van der Waals surface area contributed by atoms with Gasteiger partial charge in [-0.1, -0.05) is 6.08 Å². The third-order valence-electron chi connectivity index (χ3n) is 0.554. The minimum absolute atomic E-state index is 0.392. The summed E-state index contributed by atoms with van der Waals surface area (Å²) in [7, 11) is 0. The molecule has 1 N–H and O–H groups in total. The topological polar surface area (TPSA) is 29.5 Å². The van der Waals surface area contributed by atoms with Crippen molar-refractivity contribution in [2.24, 2.45) is 0 Å². The number of rotatable bonds is 3. The zero-order valence-electron chi connectivity index (χ0n) is 5.35. The predicted molar refractivity (Wildman–Crippen MR) is 32.4 cm³/mol. The highest BCUT2D eigenvalue weighted by Crippen LogP contribution is 2.01. The highest BCUT2D eigenvalue weighted by atomic mass is 16.6. The molecule has 0 bridgehead atoms. The summed E-state index contributed by atoms with van der Waals surface area (Å²) in [6.07, 6.45) is 1.60. The Morgan fingerprint density at radius 1 is 1.75 bits per heavy atom. The van der Waals surface area contributed by atoms with E-state index in [-0.39, 0.29) is 0 Å². The second-order valence-corrected chi connectivity index (χ2v) is 2.05. The SMILES string of the molecule is C=CCOC(C)(C)O. The Kier molecular flexibility index (Phi) is 2.72. The summed E-state index contributed by atoms with van der Waals surface area (Å²) in [6.45, 7) is 6.98. The van der Waals surface area contributed by atoms with Gasteiger partial charge >= 0.3 is 0 Å². The van der Waals surface area contributed by atoms with Crippen LogP contribution in [-0.2, 0) is 4.74 Å². The van der Waals surface area contributed by atoms with Crippen LogP contribution in [0.4, 0.5) is 0 Å². The van der Waals surface area contributed by atoms with Gasteiger partial charge in [0.2, 0.25) is 0 Å². The van der Waals surface area contributed by atoms with Crippen molar-refractivity contribution in [3.05, 3.63) is 12.7 Å². The van der Waals surface area contributed by atoms with Gasteiger partial charge in [0.15, 0.2) is 5.79 Å². The van der Waals surface area contributed by atoms with E-state index in [1.807, 2.05) is 0 Å². The van der Waals surface area contributed by atoms with E-state index in [2.05, 4.69) is 6.58 Å². The molecule has 0 unspecified atom stereocenters. The van der Waals surface area contributed by atoms with Crippen LogP contribution in [0.2, 0.25) is 0 Å². The summed E-state index contributed by atoms with van der Waals surface area (Å²) in [4.78, 5) is 0. The van der Waals surface area contributed by atoms with Crippen molar-refractivity contribution in [2.45, 2.75) is 19.6 Å². The highest BCUT2D eigenvalue weighted by molar-refractivity contribution is 4.65. The maximum Gasteiger partial charge on any atom is 0.160 e. The smallest absolute Gasteiger partial charge is 0.160 e. The largest absolute Gasteiger partial charge is 0.366 e. The lowest BCUT2D eigenvalue weighted by molar-refractivity contribution is -0.167. The van der Waals surface area contributed by atoms with Crippen molar-refractivity contribution >= 4 is 0 Å². The van der Waals surface area contributed by atoms with E-state index in [0.29, 0.717) is 6.61 Å². The van der Waals surface area contributed by atoms with Gasteiger partial charge < -0.3 is 9.84 Å². The van der Waals surface area contributed by atoms with Crippen molar-refractivity contribution in [1.29, 1.82) is 0 Å². The molecule has 2 nitrogen and oxygen atoms in total. The van der Waals surface area contributed by atoms with Crippen LogP contribution >= 0.6 is 0 Å². The van der Waals surface area contributed by atoms with E-state index in [1.54, 1.807) is 19.9 Å². The van der Waals surface area contributed by atoms with Crippen LogP contribution in [0.5, 0.6) is 0 Å². The van der Waals surface area contributed by atoms with Crippen LogP contribution in [0.1, 0.15) is 13.8 Å². The maximum absolute atomic E-state index is 8.88. The van der Waals surface area contributed by atoms with Gasteiger partial charge in [0.05, 0.1) is 6.61 Å². The molecular weight excluding hydrogens is 104 g/mol. The van der Waals surface area contributed by atoms with Gasteiger partial charge in [0, 0.05) is 0 Å². The van der Waals surface area contributed by atoms with E-state index in [9.17, 15) is 0 Å². The molecule has 0 aliphatic carbocycles. The van der Waals surface area contributed by atoms with Crippen molar-refractivity contribution < 1.29 is 9.84 Å². The Morgan fingerprint density at radius 2 is 2.25 bits per heavy atom. The van der Waals surface area contributed by atoms with Crippen molar-refractivity contribution in [3.8, 4) is 0 Å². The molecule has 8 heavy (non-hydrogen) atoms. The van der Waals surface area contributed by atoms with Crippen LogP contribution in [0.3, 0.4) is 0 Å². The second-order valence-electron chi connectivity index (χ2n) is 2.05. The minimum Gasteiger partial charge on any atom is -0.366 e. The molecule has 0 saturated carbocycles. The Balaban J connectivity index is 3.24. The van der Waals surface area contributed by atoms with Crippen LogP contribution < -0.4 is 0 Å². The monoisotopic (exact) mass is 116 g/mol. The fourth-order valence-corrected chi connectivity index (χ4v) is 0.263. The second kappa shape index (κ2) is 2.84. The van der Waals surface area contributed by atoms with E-state index < -0.39 is 5.79 Å². The third-order valence-corrected chi connectivity index (χ3v) is 0.554. The summed E-state index contributed by atoms with van der Waals surface area (Å²) in [5.74, 6) is -1.02. The van der Waals surface area contributed by atoms with Crippen molar-refractivity contribution in [2.75, 3.05) is 6.61 Å². The quantitative estimate of drug-likeness (QED) is 0.439. The van der Waals surface area contributed by atoms with Gasteiger partial charge in [-0.25, -0.2) is 0 Å². The Morgan fingerprint density at radius 3 is 2.38 bits per heavy atom. The molecule has 0 aliphatic heterocycles. The molecule has 0 amide bonds. The Bertz CT molecular complexity index is 71.1. The van der Waals surface area contributed by atoms with Gasteiger partial charge in [-0.05, 0) is 13.8 Å². The molecule has 0 spiro atoms. The molecule has 2 heteroatoms. The molecule has 0 radical (unpaired) electrons. The van der Waals surface area contributed by atoms with Gasteiger partial charge in [0.1, 0.15) is 0 Å². The minimum atomic E-state index is -1.02. The molecule has 0 aromatic rings. The number of aliphatic hydroxyl groups is 1. The average Bonchev–Trinajstić information content (AvgIpc) is 1.59. The first kappa shape index (κ1) is 7.66. The lowest BCUT2D eigenvalue weighted by Crippen LogP contribution is -2.22.